The number of nitrogens with one attached hydrogen (secondary N) is 1. The molecule has 0 saturated heterocycles. The summed E-state index contributed by atoms with van der Waals surface area (Å²) in [5, 5.41) is 14.6. The summed E-state index contributed by atoms with van der Waals surface area (Å²) >= 11 is 1.40. The molecule has 8 heteroatoms. The van der Waals surface area contributed by atoms with Crippen molar-refractivity contribution in [2.45, 2.75) is 6.92 Å². The summed E-state index contributed by atoms with van der Waals surface area (Å²) in [6.45, 7) is 1.92. The zero-order chi connectivity index (χ0) is 18.3. The number of thiazole rings is 1. The Morgan fingerprint density at radius 3 is 2.88 bits per heavy atom. The monoisotopic (exact) mass is 367 g/mol. The molecule has 2 heterocycles. The molecular formula is C18H13N3O4S. The van der Waals surface area contributed by atoms with Gasteiger partial charge in [-0.25, -0.2) is 4.98 Å². The number of rotatable bonds is 3. The van der Waals surface area contributed by atoms with E-state index in [1.807, 2.05) is 13.0 Å². The van der Waals surface area contributed by atoms with Crippen LogP contribution in [0.3, 0.4) is 0 Å². The van der Waals surface area contributed by atoms with Gasteiger partial charge in [0, 0.05) is 16.5 Å². The molecule has 26 heavy (non-hydrogen) atoms. The average Bonchev–Trinajstić information content (AvgIpc) is 3.02. The first kappa shape index (κ1) is 16.2. The second kappa shape index (κ2) is 6.23. The molecule has 0 aliphatic carbocycles. The van der Waals surface area contributed by atoms with Crippen LogP contribution < -0.4 is 10.1 Å². The Hall–Kier alpha value is -3.26. The predicted octanol–water partition coefficient (Wildman–Crippen LogP) is 4.02. The third-order valence-corrected chi connectivity index (χ3v) is 5.02. The van der Waals surface area contributed by atoms with Gasteiger partial charge in [0.05, 0.1) is 21.9 Å². The van der Waals surface area contributed by atoms with E-state index >= 15 is 0 Å². The molecule has 3 aromatic rings. The molecule has 1 aliphatic heterocycles. The third kappa shape index (κ3) is 2.80. The number of hydrogen-bond acceptors (Lipinski definition) is 6. The van der Waals surface area contributed by atoms with Gasteiger partial charge >= 0.3 is 0 Å². The van der Waals surface area contributed by atoms with Gasteiger partial charge in [0.25, 0.3) is 11.6 Å². The predicted molar refractivity (Wildman–Crippen MR) is 98.5 cm³/mol. The first-order valence-corrected chi connectivity index (χ1v) is 8.63. The number of para-hydroxylation sites is 1. The van der Waals surface area contributed by atoms with Crippen LogP contribution in [-0.4, -0.2) is 22.4 Å². The lowest BCUT2D eigenvalue weighted by molar-refractivity contribution is -0.384. The highest BCUT2D eigenvalue weighted by molar-refractivity contribution is 7.15. The van der Waals surface area contributed by atoms with Crippen molar-refractivity contribution in [3.63, 3.8) is 0 Å². The highest BCUT2D eigenvalue weighted by Gasteiger charge is 2.21. The smallest absolute Gasteiger partial charge is 0.279 e. The Bertz CT molecular complexity index is 1040. The van der Waals surface area contributed by atoms with E-state index in [9.17, 15) is 14.9 Å². The van der Waals surface area contributed by atoms with Crippen LogP contribution >= 0.6 is 11.3 Å². The summed E-state index contributed by atoms with van der Waals surface area (Å²) < 4.78 is 5.37. The zero-order valence-electron chi connectivity index (χ0n) is 13.7. The second-order valence-corrected chi connectivity index (χ2v) is 6.95. The van der Waals surface area contributed by atoms with Gasteiger partial charge in [0.15, 0.2) is 6.61 Å². The van der Waals surface area contributed by atoms with E-state index in [0.717, 1.165) is 16.1 Å². The number of aromatic nitrogens is 1. The van der Waals surface area contributed by atoms with Crippen LogP contribution in [0, 0.1) is 17.0 Å². The number of amides is 1. The van der Waals surface area contributed by atoms with Crippen molar-refractivity contribution >= 4 is 28.6 Å². The van der Waals surface area contributed by atoms with Crippen molar-refractivity contribution in [3.05, 3.63) is 57.5 Å². The Kier molecular flexibility index (Phi) is 3.89. The molecule has 1 amide bonds. The highest BCUT2D eigenvalue weighted by atomic mass is 32.1. The first-order valence-electron chi connectivity index (χ1n) is 7.81. The van der Waals surface area contributed by atoms with Crippen molar-refractivity contribution in [3.8, 4) is 27.6 Å². The molecule has 4 rings (SSSR count). The lowest BCUT2D eigenvalue weighted by Gasteiger charge is -2.18. The largest absolute Gasteiger partial charge is 0.482 e. The van der Waals surface area contributed by atoms with Crippen LogP contribution in [0.5, 0.6) is 5.75 Å². The molecule has 1 aliphatic rings. The molecular weight excluding hydrogens is 354 g/mol. The van der Waals surface area contributed by atoms with Gasteiger partial charge < -0.3 is 10.1 Å². The molecule has 1 N–H and O–H groups in total. The van der Waals surface area contributed by atoms with Crippen LogP contribution in [0.2, 0.25) is 0 Å². The summed E-state index contributed by atoms with van der Waals surface area (Å²) in [5.41, 5.74) is 2.66. The Morgan fingerprint density at radius 1 is 1.27 bits per heavy atom. The Labute approximate surface area is 152 Å². The number of fused-ring (bicyclic) bond motifs is 1. The Morgan fingerprint density at radius 2 is 2.08 bits per heavy atom. The normalized spacial score (nSPS) is 12.9. The SMILES string of the molecule is Cc1sc(-c2ccccc2[N+](=O)[O-])nc1-c1ccc2c(c1)NC(=O)CO2. The molecule has 0 radical (unpaired) electrons. The van der Waals surface area contributed by atoms with Gasteiger partial charge in [-0.05, 0) is 31.2 Å². The van der Waals surface area contributed by atoms with Crippen LogP contribution in [0.25, 0.3) is 21.8 Å². The number of nitro groups is 1. The maximum absolute atomic E-state index is 11.5. The number of nitrogens with zero attached hydrogens (tertiary/aromatic N) is 2. The third-order valence-electron chi connectivity index (χ3n) is 4.01. The van der Waals surface area contributed by atoms with Crippen LogP contribution in [0.15, 0.2) is 42.5 Å². The number of nitro benzene ring substituents is 1. The number of carbonyl (C=O) groups excluding carboxylic acids is 1. The van der Waals surface area contributed by atoms with Gasteiger partial charge in [0.1, 0.15) is 10.8 Å². The minimum atomic E-state index is -0.405. The number of carbonyl (C=O) groups is 1. The minimum Gasteiger partial charge on any atom is -0.482 e. The van der Waals surface area contributed by atoms with E-state index in [1.54, 1.807) is 30.3 Å². The summed E-state index contributed by atoms with van der Waals surface area (Å²) in [4.78, 5) is 27.9. The highest BCUT2D eigenvalue weighted by Crippen LogP contribution is 2.39. The molecule has 0 spiro atoms. The van der Waals surface area contributed by atoms with Crippen molar-refractivity contribution < 1.29 is 14.5 Å². The zero-order valence-corrected chi connectivity index (χ0v) is 14.5. The fraction of sp³-hybridized carbons (Fsp3) is 0.111. The molecule has 0 bridgehead atoms. The number of benzene rings is 2. The molecule has 0 saturated carbocycles. The van der Waals surface area contributed by atoms with E-state index in [2.05, 4.69) is 10.3 Å². The van der Waals surface area contributed by atoms with Crippen molar-refractivity contribution in [2.75, 3.05) is 11.9 Å². The summed E-state index contributed by atoms with van der Waals surface area (Å²) in [6, 6.07) is 12.0. The van der Waals surface area contributed by atoms with Crippen LogP contribution in [-0.2, 0) is 4.79 Å². The number of aryl methyl sites for hydroxylation is 1. The molecule has 0 atom stereocenters. The topological polar surface area (TPSA) is 94.4 Å². The summed E-state index contributed by atoms with van der Waals surface area (Å²) in [6.07, 6.45) is 0. The number of hydrogen-bond donors (Lipinski definition) is 1. The molecule has 2 aromatic carbocycles. The fourth-order valence-electron chi connectivity index (χ4n) is 2.82. The van der Waals surface area contributed by atoms with Gasteiger partial charge in [-0.3, -0.25) is 14.9 Å². The second-order valence-electron chi connectivity index (χ2n) is 5.75. The van der Waals surface area contributed by atoms with Crippen molar-refractivity contribution in [1.82, 2.24) is 4.98 Å². The standard InChI is InChI=1S/C18H13N3O4S/c1-10-17(11-6-7-15-13(8-11)19-16(22)9-25-15)20-18(26-10)12-4-2-3-5-14(12)21(23)24/h2-8H,9H2,1H3,(H,19,22). The van der Waals surface area contributed by atoms with E-state index in [1.165, 1.54) is 17.4 Å². The van der Waals surface area contributed by atoms with E-state index in [4.69, 9.17) is 4.74 Å². The quantitative estimate of drug-likeness (QED) is 0.557. The lowest BCUT2D eigenvalue weighted by atomic mass is 10.1. The van der Waals surface area contributed by atoms with Gasteiger partial charge in [-0.2, -0.15) is 0 Å². The van der Waals surface area contributed by atoms with E-state index in [-0.39, 0.29) is 18.2 Å². The van der Waals surface area contributed by atoms with E-state index < -0.39 is 4.92 Å². The Balaban J connectivity index is 1.78. The molecule has 0 unspecified atom stereocenters. The lowest BCUT2D eigenvalue weighted by Crippen LogP contribution is -2.25. The maximum Gasteiger partial charge on any atom is 0.279 e. The molecule has 130 valence electrons. The number of anilines is 1. The van der Waals surface area contributed by atoms with Gasteiger partial charge in [0.2, 0.25) is 0 Å². The molecule has 0 fully saturated rings. The first-order chi connectivity index (χ1) is 12.5. The van der Waals surface area contributed by atoms with Crippen LogP contribution in [0.1, 0.15) is 4.88 Å². The van der Waals surface area contributed by atoms with Gasteiger partial charge in [-0.15, -0.1) is 11.3 Å². The number of ether oxygens (including phenoxy) is 1. The summed E-state index contributed by atoms with van der Waals surface area (Å²) in [7, 11) is 0. The molecule has 1 aromatic heterocycles. The molecule has 7 nitrogen and oxygen atoms in total. The fourth-order valence-corrected chi connectivity index (χ4v) is 3.79. The maximum atomic E-state index is 11.5. The van der Waals surface area contributed by atoms with Gasteiger partial charge in [-0.1, -0.05) is 12.1 Å². The van der Waals surface area contributed by atoms with Crippen molar-refractivity contribution in [1.29, 1.82) is 0 Å². The summed E-state index contributed by atoms with van der Waals surface area (Å²) in [5.74, 6) is 0.408. The average molecular weight is 367 g/mol. The van der Waals surface area contributed by atoms with E-state index in [0.29, 0.717) is 22.0 Å². The minimum absolute atomic E-state index is 0.00387. The van der Waals surface area contributed by atoms with Crippen LogP contribution in [0.4, 0.5) is 11.4 Å². The van der Waals surface area contributed by atoms with Crippen molar-refractivity contribution in [2.24, 2.45) is 0 Å².